The van der Waals surface area contributed by atoms with Crippen LogP contribution < -0.4 is 51.4 Å². The van der Waals surface area contributed by atoms with Crippen LogP contribution in [0.3, 0.4) is 0 Å². The van der Waals surface area contributed by atoms with E-state index in [-0.39, 0.29) is 81.3 Å². The van der Waals surface area contributed by atoms with Crippen molar-refractivity contribution in [3.8, 4) is 0 Å². The third kappa shape index (κ3) is 243. The first-order valence-corrected chi connectivity index (χ1v) is 3.46. The van der Waals surface area contributed by atoms with Crippen LogP contribution >= 0.6 is 0 Å². The van der Waals surface area contributed by atoms with Gasteiger partial charge in [-0.25, -0.2) is 0 Å². The molecule has 2 heteroatoms. The average Bonchev–Trinajstić information content (AvgIpc) is 1.25. The van der Waals surface area contributed by atoms with Crippen molar-refractivity contribution in [3.05, 3.63) is 0 Å². The standard InChI is InChI=1S/2C4H10.CH4.K.W.H/c2*1-4(2)3;;;;/h2*4H,1-3H3;1H4;;;/q;;;+1;;-1. The summed E-state index contributed by atoms with van der Waals surface area (Å²) < 4.78 is 0. The molecule has 0 aliphatic carbocycles. The first-order chi connectivity index (χ1) is 3.46. The summed E-state index contributed by atoms with van der Waals surface area (Å²) in [7, 11) is 0. The molecule has 68 valence electrons. The van der Waals surface area contributed by atoms with Crippen molar-refractivity contribution < 1.29 is 73.9 Å². The topological polar surface area (TPSA) is 0 Å². The summed E-state index contributed by atoms with van der Waals surface area (Å²) in [5.41, 5.74) is 0. The molecule has 0 aromatic heterocycles. The second-order valence-corrected chi connectivity index (χ2v) is 3.46. The molecule has 0 aromatic carbocycles. The molecule has 0 heterocycles. The van der Waals surface area contributed by atoms with Crippen molar-refractivity contribution in [2.24, 2.45) is 11.8 Å². The van der Waals surface area contributed by atoms with Crippen LogP contribution in [0.15, 0.2) is 0 Å². The van der Waals surface area contributed by atoms with Gasteiger partial charge in [0.15, 0.2) is 0 Å². The number of hydrogen-bond acceptors (Lipinski definition) is 0. The van der Waals surface area contributed by atoms with Gasteiger partial charge in [0.1, 0.15) is 0 Å². The Morgan fingerprint density at radius 2 is 0.727 bits per heavy atom. The minimum Gasteiger partial charge on any atom is -1.00 e. The van der Waals surface area contributed by atoms with E-state index in [4.69, 9.17) is 0 Å². The maximum Gasteiger partial charge on any atom is 1.00 e. The number of rotatable bonds is 0. The Balaban J connectivity index is -0.0000000112. The van der Waals surface area contributed by atoms with Gasteiger partial charge in [-0.3, -0.25) is 0 Å². The number of hydrogen-bond donors (Lipinski definition) is 0. The molecule has 0 aromatic rings. The molecule has 0 aliphatic heterocycles. The zero-order valence-corrected chi connectivity index (χ0v) is 14.6. The summed E-state index contributed by atoms with van der Waals surface area (Å²) in [6, 6.07) is 0. The van der Waals surface area contributed by atoms with E-state index < -0.39 is 0 Å². The minimum atomic E-state index is 0. The van der Waals surface area contributed by atoms with Gasteiger partial charge in [-0.2, -0.15) is 0 Å². The van der Waals surface area contributed by atoms with Crippen LogP contribution in [0.25, 0.3) is 0 Å². The third-order valence-corrected chi connectivity index (χ3v) is 0. The van der Waals surface area contributed by atoms with E-state index in [1.807, 2.05) is 0 Å². The van der Waals surface area contributed by atoms with Crippen LogP contribution in [0.5, 0.6) is 0 Å². The van der Waals surface area contributed by atoms with Crippen LogP contribution in [-0.4, -0.2) is 0 Å². The van der Waals surface area contributed by atoms with Gasteiger partial charge in [0, 0.05) is 21.1 Å². The van der Waals surface area contributed by atoms with E-state index in [1.165, 1.54) is 0 Å². The Hall–Kier alpha value is 2.32. The van der Waals surface area contributed by atoms with Crippen molar-refractivity contribution in [1.29, 1.82) is 0 Å². The van der Waals surface area contributed by atoms with Gasteiger partial charge in [0.05, 0.1) is 0 Å². The van der Waals surface area contributed by atoms with Crippen molar-refractivity contribution >= 4 is 0 Å². The summed E-state index contributed by atoms with van der Waals surface area (Å²) in [5.74, 6) is 1.67. The minimum absolute atomic E-state index is 0. The Morgan fingerprint density at radius 3 is 0.727 bits per heavy atom. The summed E-state index contributed by atoms with van der Waals surface area (Å²) in [6.45, 7) is 13.0. The van der Waals surface area contributed by atoms with Gasteiger partial charge < -0.3 is 1.43 Å². The fraction of sp³-hybridized carbons (Fsp3) is 1.00. The van der Waals surface area contributed by atoms with Crippen LogP contribution in [0.1, 0.15) is 50.4 Å². The molecule has 0 nitrogen and oxygen atoms in total. The van der Waals surface area contributed by atoms with Gasteiger partial charge in [-0.1, -0.05) is 49.0 Å². The van der Waals surface area contributed by atoms with Crippen LogP contribution in [0.2, 0.25) is 0 Å². The molecule has 0 saturated carbocycles. The van der Waals surface area contributed by atoms with Crippen molar-refractivity contribution in [1.82, 2.24) is 0 Å². The second-order valence-electron chi connectivity index (χ2n) is 3.46. The van der Waals surface area contributed by atoms with E-state index in [9.17, 15) is 0 Å². The fourth-order valence-electron chi connectivity index (χ4n) is 0. The largest absolute Gasteiger partial charge is 1.00 e. The predicted octanol–water partition coefficient (Wildman–Crippen LogP) is 1.07. The summed E-state index contributed by atoms with van der Waals surface area (Å²) >= 11 is 0. The molecule has 0 bridgehead atoms. The van der Waals surface area contributed by atoms with Crippen molar-refractivity contribution in [2.75, 3.05) is 0 Å². The zero-order valence-electron chi connectivity index (χ0n) is 9.56. The van der Waals surface area contributed by atoms with Gasteiger partial charge in [-0.05, 0) is 11.8 Å². The summed E-state index contributed by atoms with van der Waals surface area (Å²) in [6.07, 6.45) is 0. The molecule has 0 rings (SSSR count). The molecular formula is C9H25KW. The van der Waals surface area contributed by atoms with Gasteiger partial charge >= 0.3 is 51.4 Å². The molecule has 0 saturated heterocycles. The first-order valence-electron chi connectivity index (χ1n) is 3.46. The van der Waals surface area contributed by atoms with Gasteiger partial charge in [0.25, 0.3) is 0 Å². The maximum atomic E-state index is 2.17. The first kappa shape index (κ1) is 29.2. The Morgan fingerprint density at radius 1 is 0.727 bits per heavy atom. The second kappa shape index (κ2) is 22.8. The van der Waals surface area contributed by atoms with Crippen molar-refractivity contribution in [2.45, 2.75) is 49.0 Å². The molecule has 0 spiro atoms. The summed E-state index contributed by atoms with van der Waals surface area (Å²) in [4.78, 5) is 0. The van der Waals surface area contributed by atoms with E-state index in [2.05, 4.69) is 41.5 Å². The van der Waals surface area contributed by atoms with Crippen LogP contribution in [-0.2, 0) is 21.1 Å². The Bertz CT molecular complexity index is 30.0. The van der Waals surface area contributed by atoms with Gasteiger partial charge in [0.2, 0.25) is 0 Å². The smallest absolute Gasteiger partial charge is 1.00 e. The third-order valence-electron chi connectivity index (χ3n) is 0. The summed E-state index contributed by atoms with van der Waals surface area (Å²) in [5, 5.41) is 0. The average molecular weight is 356 g/mol. The Kier molecular flexibility index (Phi) is 60.6. The van der Waals surface area contributed by atoms with E-state index in [0.29, 0.717) is 0 Å². The molecular weight excluding hydrogens is 331 g/mol. The normalized spacial score (nSPS) is 6.55. The van der Waals surface area contributed by atoms with Crippen LogP contribution in [0, 0.1) is 11.8 Å². The Labute approximate surface area is 132 Å². The van der Waals surface area contributed by atoms with E-state index in [0.717, 1.165) is 11.8 Å². The molecule has 0 atom stereocenters. The monoisotopic (exact) mass is 356 g/mol. The quantitative estimate of drug-likeness (QED) is 0.570. The molecule has 11 heavy (non-hydrogen) atoms. The molecule has 0 aliphatic rings. The van der Waals surface area contributed by atoms with Crippen LogP contribution in [0.4, 0.5) is 0 Å². The molecule has 0 N–H and O–H groups in total. The molecule has 0 fully saturated rings. The van der Waals surface area contributed by atoms with Crippen molar-refractivity contribution in [3.63, 3.8) is 0 Å². The van der Waals surface area contributed by atoms with E-state index >= 15 is 0 Å². The van der Waals surface area contributed by atoms with Gasteiger partial charge in [-0.15, -0.1) is 0 Å². The maximum absolute atomic E-state index is 2.17. The predicted molar refractivity (Wildman–Crippen MR) is 48.9 cm³/mol. The SMILES string of the molecule is C.CC(C)C.CC(C)C.[H-].[K+].[W]. The molecule has 0 radical (unpaired) electrons. The molecule has 0 unspecified atom stereocenters. The fourth-order valence-corrected chi connectivity index (χ4v) is 0. The van der Waals surface area contributed by atoms with E-state index in [1.54, 1.807) is 0 Å². The molecule has 0 amide bonds. The zero-order chi connectivity index (χ0) is 7.15.